The fraction of sp³-hybridized carbons (Fsp3) is 0.429. The fourth-order valence-electron chi connectivity index (χ4n) is 3.72. The van der Waals surface area contributed by atoms with Gasteiger partial charge >= 0.3 is 0 Å². The molecule has 4 heterocycles. The van der Waals surface area contributed by atoms with E-state index in [1.54, 1.807) is 17.7 Å². The number of carbonyl (C=O) groups excluding carboxylic acids is 1. The molecular weight excluding hydrogens is 384 g/mol. The van der Waals surface area contributed by atoms with Crippen LogP contribution < -0.4 is 5.32 Å². The van der Waals surface area contributed by atoms with E-state index in [0.717, 1.165) is 49.6 Å². The van der Waals surface area contributed by atoms with Gasteiger partial charge < -0.3 is 9.88 Å². The highest BCUT2D eigenvalue weighted by atomic mass is 32.1. The van der Waals surface area contributed by atoms with Crippen LogP contribution in [-0.2, 0) is 33.0 Å². The molecule has 1 aliphatic heterocycles. The molecule has 7 nitrogen and oxygen atoms in total. The van der Waals surface area contributed by atoms with Crippen LogP contribution in [0.2, 0.25) is 0 Å². The summed E-state index contributed by atoms with van der Waals surface area (Å²) in [7, 11) is 1.88. The van der Waals surface area contributed by atoms with Gasteiger partial charge in [0, 0.05) is 43.1 Å². The Morgan fingerprint density at radius 3 is 2.93 bits per heavy atom. The van der Waals surface area contributed by atoms with Gasteiger partial charge in [0.15, 0.2) is 5.82 Å². The topological polar surface area (TPSA) is 75.9 Å². The smallest absolute Gasteiger partial charge is 0.252 e. The van der Waals surface area contributed by atoms with E-state index in [4.69, 9.17) is 0 Å². The maximum atomic E-state index is 12.8. The Kier molecular flexibility index (Phi) is 5.73. The number of aryl methyl sites for hydroxylation is 2. The molecule has 0 bridgehead atoms. The summed E-state index contributed by atoms with van der Waals surface area (Å²) in [5.41, 5.74) is 4.34. The highest BCUT2D eigenvalue weighted by Crippen LogP contribution is 2.29. The summed E-state index contributed by atoms with van der Waals surface area (Å²) < 4.78 is 1.83. The average molecular weight is 411 g/mol. The van der Waals surface area contributed by atoms with Gasteiger partial charge in [0.25, 0.3) is 5.91 Å². The fourth-order valence-corrected chi connectivity index (χ4v) is 4.84. The molecule has 0 saturated heterocycles. The molecule has 1 N–H and O–H groups in total. The molecule has 0 saturated carbocycles. The van der Waals surface area contributed by atoms with Gasteiger partial charge in [-0.25, -0.2) is 0 Å². The maximum absolute atomic E-state index is 12.8. The van der Waals surface area contributed by atoms with E-state index in [2.05, 4.69) is 44.5 Å². The number of nitrogens with zero attached hydrogens (tertiary/aromatic N) is 5. The van der Waals surface area contributed by atoms with E-state index in [0.29, 0.717) is 0 Å². The molecule has 152 valence electrons. The van der Waals surface area contributed by atoms with Gasteiger partial charge in [-0.15, -0.1) is 21.5 Å². The SMILES string of the molecule is CCc1ccc(CN2CCc3c(C(=O)NC(C)c4nncn4C)csc3C2)nc1. The van der Waals surface area contributed by atoms with Crippen molar-refractivity contribution in [2.24, 2.45) is 7.05 Å². The average Bonchev–Trinajstić information content (AvgIpc) is 3.34. The normalized spacial score (nSPS) is 15.1. The molecule has 0 spiro atoms. The third-order valence-corrected chi connectivity index (χ3v) is 6.45. The van der Waals surface area contributed by atoms with Crippen molar-refractivity contribution in [2.45, 2.75) is 45.8 Å². The molecule has 29 heavy (non-hydrogen) atoms. The van der Waals surface area contributed by atoms with Gasteiger partial charge in [-0.05, 0) is 37.0 Å². The highest BCUT2D eigenvalue weighted by molar-refractivity contribution is 7.10. The van der Waals surface area contributed by atoms with Gasteiger partial charge in [-0.1, -0.05) is 13.0 Å². The Balaban J connectivity index is 1.41. The van der Waals surface area contributed by atoms with Gasteiger partial charge in [0.2, 0.25) is 0 Å². The maximum Gasteiger partial charge on any atom is 0.252 e. The van der Waals surface area contributed by atoms with Crippen molar-refractivity contribution in [3.05, 3.63) is 63.1 Å². The molecule has 0 radical (unpaired) electrons. The van der Waals surface area contributed by atoms with Crippen molar-refractivity contribution in [1.82, 2.24) is 30.0 Å². The number of carbonyl (C=O) groups is 1. The lowest BCUT2D eigenvalue weighted by Gasteiger charge is -2.27. The monoisotopic (exact) mass is 410 g/mol. The van der Waals surface area contributed by atoms with Crippen LogP contribution in [0.4, 0.5) is 0 Å². The van der Waals surface area contributed by atoms with E-state index in [1.807, 2.05) is 30.1 Å². The van der Waals surface area contributed by atoms with Gasteiger partial charge in [0.05, 0.1) is 17.3 Å². The third kappa shape index (κ3) is 4.23. The lowest BCUT2D eigenvalue weighted by Crippen LogP contribution is -2.32. The minimum Gasteiger partial charge on any atom is -0.342 e. The Morgan fingerprint density at radius 2 is 2.24 bits per heavy atom. The lowest BCUT2D eigenvalue weighted by molar-refractivity contribution is 0.0936. The molecule has 1 aliphatic rings. The van der Waals surface area contributed by atoms with E-state index < -0.39 is 0 Å². The number of pyridine rings is 1. The summed E-state index contributed by atoms with van der Waals surface area (Å²) >= 11 is 1.67. The molecule has 0 aliphatic carbocycles. The van der Waals surface area contributed by atoms with E-state index in [1.165, 1.54) is 16.0 Å². The molecule has 8 heteroatoms. The Hall–Kier alpha value is -2.58. The summed E-state index contributed by atoms with van der Waals surface area (Å²) in [6.07, 6.45) is 5.50. The molecule has 1 amide bonds. The van der Waals surface area contributed by atoms with Crippen molar-refractivity contribution in [3.63, 3.8) is 0 Å². The van der Waals surface area contributed by atoms with Crippen LogP contribution in [0.15, 0.2) is 30.0 Å². The minimum atomic E-state index is -0.192. The zero-order valence-electron chi connectivity index (χ0n) is 17.1. The lowest BCUT2D eigenvalue weighted by atomic mass is 10.0. The largest absolute Gasteiger partial charge is 0.342 e. The van der Waals surface area contributed by atoms with Crippen LogP contribution in [0.3, 0.4) is 0 Å². The van der Waals surface area contributed by atoms with E-state index >= 15 is 0 Å². The summed E-state index contributed by atoms with van der Waals surface area (Å²) in [5.74, 6) is 0.707. The van der Waals surface area contributed by atoms with Crippen molar-refractivity contribution in [1.29, 1.82) is 0 Å². The third-order valence-electron chi connectivity index (χ3n) is 5.43. The van der Waals surface area contributed by atoms with Gasteiger partial charge in [-0.3, -0.25) is 14.7 Å². The predicted octanol–water partition coefficient (Wildman–Crippen LogP) is 2.88. The van der Waals surface area contributed by atoms with Crippen molar-refractivity contribution in [2.75, 3.05) is 6.54 Å². The summed E-state index contributed by atoms with van der Waals surface area (Å²) in [6, 6.07) is 4.09. The molecule has 1 atom stereocenters. The molecule has 3 aromatic rings. The van der Waals surface area contributed by atoms with Crippen LogP contribution in [0.25, 0.3) is 0 Å². The number of nitrogens with one attached hydrogen (secondary N) is 1. The second-order valence-electron chi connectivity index (χ2n) is 7.52. The Labute approximate surface area is 174 Å². The quantitative estimate of drug-likeness (QED) is 0.676. The van der Waals surface area contributed by atoms with Crippen molar-refractivity contribution in [3.8, 4) is 0 Å². The molecule has 0 fully saturated rings. The number of fused-ring (bicyclic) bond motifs is 1. The molecule has 4 rings (SSSR count). The number of hydrogen-bond donors (Lipinski definition) is 1. The first kappa shape index (κ1) is 19.7. The first-order chi connectivity index (χ1) is 14.0. The predicted molar refractivity (Wildman–Crippen MR) is 113 cm³/mol. The standard InChI is InChI=1S/C21H26N6OS/c1-4-15-5-6-16(22-9-15)10-27-8-7-17-18(12-29-19(17)11-27)21(28)24-14(2)20-25-23-13-26(20)3/h5-6,9,12-14H,4,7-8,10-11H2,1-3H3,(H,24,28). The highest BCUT2D eigenvalue weighted by Gasteiger charge is 2.25. The number of thiophene rings is 1. The Morgan fingerprint density at radius 1 is 1.38 bits per heavy atom. The number of aromatic nitrogens is 4. The summed E-state index contributed by atoms with van der Waals surface area (Å²) in [4.78, 5) is 21.1. The van der Waals surface area contributed by atoms with Gasteiger partial charge in [-0.2, -0.15) is 0 Å². The molecule has 3 aromatic heterocycles. The van der Waals surface area contributed by atoms with Crippen LogP contribution >= 0.6 is 11.3 Å². The summed E-state index contributed by atoms with van der Waals surface area (Å²) in [5, 5.41) is 13.0. The van der Waals surface area contributed by atoms with E-state index in [-0.39, 0.29) is 11.9 Å². The number of amides is 1. The second kappa shape index (κ2) is 8.42. The minimum absolute atomic E-state index is 0.0386. The second-order valence-corrected chi connectivity index (χ2v) is 8.48. The van der Waals surface area contributed by atoms with Crippen LogP contribution in [0.1, 0.15) is 57.8 Å². The Bertz CT molecular complexity index is 993. The molecule has 0 aromatic carbocycles. The number of hydrogen-bond acceptors (Lipinski definition) is 6. The van der Waals surface area contributed by atoms with Gasteiger partial charge in [0.1, 0.15) is 6.33 Å². The van der Waals surface area contributed by atoms with Crippen molar-refractivity contribution < 1.29 is 4.79 Å². The molecule has 1 unspecified atom stereocenters. The zero-order chi connectivity index (χ0) is 20.4. The number of rotatable bonds is 6. The van der Waals surface area contributed by atoms with Crippen LogP contribution in [0, 0.1) is 0 Å². The first-order valence-electron chi connectivity index (χ1n) is 9.95. The molecular formula is C21H26N6OS. The summed E-state index contributed by atoms with van der Waals surface area (Å²) in [6.45, 7) is 6.70. The first-order valence-corrected chi connectivity index (χ1v) is 10.8. The van der Waals surface area contributed by atoms with Crippen LogP contribution in [-0.4, -0.2) is 37.1 Å². The van der Waals surface area contributed by atoms with Crippen molar-refractivity contribution >= 4 is 17.2 Å². The zero-order valence-corrected chi connectivity index (χ0v) is 17.9. The van der Waals surface area contributed by atoms with E-state index in [9.17, 15) is 4.79 Å². The van der Waals surface area contributed by atoms with Crippen LogP contribution in [0.5, 0.6) is 0 Å².